The highest BCUT2D eigenvalue weighted by molar-refractivity contribution is 7.11. The highest BCUT2D eigenvalue weighted by atomic mass is 32.1. The summed E-state index contributed by atoms with van der Waals surface area (Å²) in [5.74, 6) is 0.950. The maximum Gasteiger partial charge on any atom is 0.114 e. The average Bonchev–Trinajstić information content (AvgIpc) is 2.92. The summed E-state index contributed by atoms with van der Waals surface area (Å²) in [6, 6.07) is 8.09. The van der Waals surface area contributed by atoms with E-state index in [4.69, 9.17) is 5.73 Å². The van der Waals surface area contributed by atoms with Crippen molar-refractivity contribution in [1.29, 1.82) is 0 Å². The number of rotatable bonds is 3. The summed E-state index contributed by atoms with van der Waals surface area (Å²) in [5.41, 5.74) is 9.03. The van der Waals surface area contributed by atoms with Crippen LogP contribution in [-0.2, 0) is 6.42 Å². The van der Waals surface area contributed by atoms with Crippen LogP contribution in [0.5, 0.6) is 0 Å². The summed E-state index contributed by atoms with van der Waals surface area (Å²) in [5, 5.41) is 1.06. The molecule has 0 aliphatic rings. The monoisotopic (exact) mass is 272 g/mol. The summed E-state index contributed by atoms with van der Waals surface area (Å²) in [4.78, 5) is 13.6. The second-order valence-electron chi connectivity index (χ2n) is 4.72. The van der Waals surface area contributed by atoms with Gasteiger partial charge < -0.3 is 10.7 Å². The van der Waals surface area contributed by atoms with Gasteiger partial charge in [-0.25, -0.2) is 9.97 Å². The minimum absolute atomic E-state index is 0.0434. The number of aromatic amines is 1. The zero-order valence-corrected chi connectivity index (χ0v) is 11.8. The van der Waals surface area contributed by atoms with Gasteiger partial charge in [-0.2, -0.15) is 0 Å². The molecule has 1 atom stereocenters. The van der Waals surface area contributed by atoms with Crippen molar-refractivity contribution in [3.8, 4) is 0 Å². The van der Waals surface area contributed by atoms with Crippen molar-refractivity contribution in [3.63, 3.8) is 0 Å². The Morgan fingerprint density at radius 1 is 1.32 bits per heavy atom. The van der Waals surface area contributed by atoms with Gasteiger partial charge in [0.15, 0.2) is 0 Å². The second kappa shape index (κ2) is 4.75. The molecule has 0 bridgehead atoms. The fourth-order valence-electron chi connectivity index (χ4n) is 2.20. The molecule has 0 aliphatic heterocycles. The van der Waals surface area contributed by atoms with Crippen molar-refractivity contribution in [2.24, 2.45) is 5.73 Å². The predicted octanol–water partition coefficient (Wildman–Crippen LogP) is 2.94. The topological polar surface area (TPSA) is 67.6 Å². The van der Waals surface area contributed by atoms with Crippen molar-refractivity contribution < 1.29 is 0 Å². The molecule has 3 aromatic rings. The van der Waals surface area contributed by atoms with Crippen LogP contribution < -0.4 is 5.73 Å². The van der Waals surface area contributed by atoms with E-state index in [-0.39, 0.29) is 6.04 Å². The van der Waals surface area contributed by atoms with Gasteiger partial charge in [0, 0.05) is 10.9 Å². The normalized spacial score (nSPS) is 13.0. The highest BCUT2D eigenvalue weighted by Crippen LogP contribution is 2.25. The van der Waals surface area contributed by atoms with Gasteiger partial charge >= 0.3 is 0 Å². The molecule has 0 aliphatic carbocycles. The Morgan fingerprint density at radius 3 is 2.79 bits per heavy atom. The molecule has 0 saturated carbocycles. The van der Waals surface area contributed by atoms with E-state index in [2.05, 4.69) is 15.0 Å². The molecule has 0 saturated heterocycles. The first-order valence-electron chi connectivity index (χ1n) is 6.29. The summed E-state index contributed by atoms with van der Waals surface area (Å²) in [7, 11) is 0. The molecule has 5 heteroatoms. The summed E-state index contributed by atoms with van der Waals surface area (Å²) in [6.45, 7) is 4.00. The molecule has 0 fully saturated rings. The SMILES string of the molecule is Cc1nc(Cc2nc3ccccc3[nH]2)sc1C(C)N. The second-order valence-corrected chi connectivity index (χ2v) is 5.84. The maximum atomic E-state index is 5.93. The van der Waals surface area contributed by atoms with Gasteiger partial charge in [0.25, 0.3) is 0 Å². The number of aryl methyl sites for hydroxylation is 1. The summed E-state index contributed by atoms with van der Waals surface area (Å²) < 4.78 is 0. The van der Waals surface area contributed by atoms with Crippen LogP contribution in [0.2, 0.25) is 0 Å². The van der Waals surface area contributed by atoms with Crippen molar-refractivity contribution >= 4 is 22.4 Å². The first-order valence-corrected chi connectivity index (χ1v) is 7.10. The number of hydrogen-bond acceptors (Lipinski definition) is 4. The Morgan fingerprint density at radius 2 is 2.11 bits per heavy atom. The molecule has 1 aromatic carbocycles. The smallest absolute Gasteiger partial charge is 0.114 e. The Balaban J connectivity index is 1.90. The lowest BCUT2D eigenvalue weighted by Crippen LogP contribution is -2.03. The van der Waals surface area contributed by atoms with E-state index in [0.29, 0.717) is 0 Å². The van der Waals surface area contributed by atoms with Crippen LogP contribution in [0.15, 0.2) is 24.3 Å². The molecule has 4 nitrogen and oxygen atoms in total. The third-order valence-corrected chi connectivity index (χ3v) is 4.41. The van der Waals surface area contributed by atoms with Crippen LogP contribution in [-0.4, -0.2) is 15.0 Å². The van der Waals surface area contributed by atoms with Crippen LogP contribution in [0.1, 0.15) is 34.4 Å². The Hall–Kier alpha value is -1.72. The van der Waals surface area contributed by atoms with Crippen molar-refractivity contribution in [3.05, 3.63) is 45.7 Å². The quantitative estimate of drug-likeness (QED) is 0.770. The van der Waals surface area contributed by atoms with Gasteiger partial charge in [0.05, 0.1) is 23.1 Å². The fraction of sp³-hybridized carbons (Fsp3) is 0.286. The van der Waals surface area contributed by atoms with Crippen LogP contribution >= 0.6 is 11.3 Å². The number of H-pyrrole nitrogens is 1. The van der Waals surface area contributed by atoms with Crippen molar-refractivity contribution in [2.45, 2.75) is 26.3 Å². The number of nitrogens with zero attached hydrogens (tertiary/aromatic N) is 2. The minimum atomic E-state index is 0.0434. The van der Waals surface area contributed by atoms with E-state index in [1.807, 2.05) is 38.1 Å². The standard InChI is InChI=1S/C14H16N4S/c1-8(15)14-9(2)16-13(19-14)7-12-17-10-5-3-4-6-11(10)18-12/h3-6,8H,7,15H2,1-2H3,(H,17,18). The third-order valence-electron chi connectivity index (χ3n) is 3.05. The van der Waals surface area contributed by atoms with E-state index in [0.717, 1.165) is 38.9 Å². The van der Waals surface area contributed by atoms with Gasteiger partial charge in [-0.15, -0.1) is 11.3 Å². The number of hydrogen-bond donors (Lipinski definition) is 2. The van der Waals surface area contributed by atoms with E-state index in [1.54, 1.807) is 11.3 Å². The summed E-state index contributed by atoms with van der Waals surface area (Å²) >= 11 is 1.68. The molecular weight excluding hydrogens is 256 g/mol. The number of fused-ring (bicyclic) bond motifs is 1. The van der Waals surface area contributed by atoms with Crippen LogP contribution in [0.3, 0.4) is 0 Å². The van der Waals surface area contributed by atoms with Gasteiger partial charge in [-0.05, 0) is 26.0 Å². The van der Waals surface area contributed by atoms with Crippen LogP contribution in [0.25, 0.3) is 11.0 Å². The number of aromatic nitrogens is 3. The van der Waals surface area contributed by atoms with Crippen LogP contribution in [0.4, 0.5) is 0 Å². The number of nitrogens with one attached hydrogen (secondary N) is 1. The number of para-hydroxylation sites is 2. The Bertz CT molecular complexity index is 678. The number of nitrogens with two attached hydrogens (primary N) is 1. The molecule has 3 N–H and O–H groups in total. The average molecular weight is 272 g/mol. The maximum absolute atomic E-state index is 5.93. The molecule has 2 heterocycles. The van der Waals surface area contributed by atoms with Crippen molar-refractivity contribution in [1.82, 2.24) is 15.0 Å². The number of thiazole rings is 1. The van der Waals surface area contributed by atoms with E-state index < -0.39 is 0 Å². The lowest BCUT2D eigenvalue weighted by Gasteiger charge is -1.99. The van der Waals surface area contributed by atoms with E-state index in [1.165, 1.54) is 0 Å². The largest absolute Gasteiger partial charge is 0.342 e. The first-order chi connectivity index (χ1) is 9.13. The molecule has 19 heavy (non-hydrogen) atoms. The predicted molar refractivity (Wildman–Crippen MR) is 78.4 cm³/mol. The molecule has 98 valence electrons. The van der Waals surface area contributed by atoms with Crippen LogP contribution in [0, 0.1) is 6.92 Å². The Labute approximate surface area is 115 Å². The molecular formula is C14H16N4S. The van der Waals surface area contributed by atoms with E-state index in [9.17, 15) is 0 Å². The molecule has 0 radical (unpaired) electrons. The first kappa shape index (κ1) is 12.3. The summed E-state index contributed by atoms with van der Waals surface area (Å²) in [6.07, 6.45) is 0.729. The van der Waals surface area contributed by atoms with E-state index >= 15 is 0 Å². The van der Waals surface area contributed by atoms with Crippen molar-refractivity contribution in [2.75, 3.05) is 0 Å². The fourth-order valence-corrected chi connectivity index (χ4v) is 3.22. The molecule has 1 unspecified atom stereocenters. The number of imidazole rings is 1. The van der Waals surface area contributed by atoms with Gasteiger partial charge in [-0.1, -0.05) is 12.1 Å². The number of benzene rings is 1. The lowest BCUT2D eigenvalue weighted by atomic mass is 10.2. The molecule has 3 rings (SSSR count). The molecule has 2 aromatic heterocycles. The zero-order chi connectivity index (χ0) is 13.4. The van der Waals surface area contributed by atoms with Gasteiger partial charge in [0.1, 0.15) is 10.8 Å². The lowest BCUT2D eigenvalue weighted by molar-refractivity contribution is 0.824. The zero-order valence-electron chi connectivity index (χ0n) is 11.0. The molecule has 0 amide bonds. The van der Waals surface area contributed by atoms with Gasteiger partial charge in [-0.3, -0.25) is 0 Å². The minimum Gasteiger partial charge on any atom is -0.342 e. The Kier molecular flexibility index (Phi) is 3.08. The highest BCUT2D eigenvalue weighted by Gasteiger charge is 2.12. The van der Waals surface area contributed by atoms with Gasteiger partial charge in [0.2, 0.25) is 0 Å². The third kappa shape index (κ3) is 2.39. The molecule has 0 spiro atoms.